The first-order valence-electron chi connectivity index (χ1n) is 18.0. The van der Waals surface area contributed by atoms with E-state index in [1.807, 2.05) is 19.9 Å². The molecule has 1 aromatic heterocycles. The molecule has 18 heteroatoms. The lowest BCUT2D eigenvalue weighted by Gasteiger charge is -2.43. The maximum Gasteiger partial charge on any atom is 0.235 e. The second-order valence-electron chi connectivity index (χ2n) is 14.2. The molecule has 9 N–H and O–H groups in total. The van der Waals surface area contributed by atoms with E-state index < -0.39 is 110 Å². The van der Waals surface area contributed by atoms with E-state index in [0.717, 1.165) is 5.57 Å². The number of ether oxygens (including phenoxy) is 7. The van der Waals surface area contributed by atoms with Gasteiger partial charge in [0.05, 0.1) is 31.8 Å². The summed E-state index contributed by atoms with van der Waals surface area (Å²) in [4.78, 5) is 14.6. The lowest BCUT2D eigenvalue weighted by atomic mass is 9.99. The van der Waals surface area contributed by atoms with Gasteiger partial charge in [-0.2, -0.15) is 0 Å². The van der Waals surface area contributed by atoms with E-state index in [-0.39, 0.29) is 28.9 Å². The van der Waals surface area contributed by atoms with Gasteiger partial charge < -0.3 is 83.5 Å². The zero-order chi connectivity index (χ0) is 40.6. The summed E-state index contributed by atoms with van der Waals surface area (Å²) < 4.78 is 46.8. The number of methoxy groups -OCH3 is 1. The molecule has 0 amide bonds. The molecule has 14 atom stereocenters. The van der Waals surface area contributed by atoms with Gasteiger partial charge in [-0.3, -0.25) is 4.79 Å². The summed E-state index contributed by atoms with van der Waals surface area (Å²) in [6.07, 6.45) is -19.9. The van der Waals surface area contributed by atoms with Crippen LogP contribution < -0.4 is 19.6 Å². The lowest BCUT2D eigenvalue weighted by molar-refractivity contribution is -0.344. The van der Waals surface area contributed by atoms with E-state index in [1.54, 1.807) is 24.3 Å². The number of hydrogen-bond acceptors (Lipinski definition) is 18. The molecule has 3 aliphatic heterocycles. The Bertz CT molecular complexity index is 1890. The van der Waals surface area contributed by atoms with Gasteiger partial charge in [0.1, 0.15) is 72.0 Å². The molecule has 4 heterocycles. The number of aliphatic hydroxyl groups is 9. The van der Waals surface area contributed by atoms with Crippen molar-refractivity contribution >= 4 is 11.0 Å². The highest BCUT2D eigenvalue weighted by Crippen LogP contribution is 2.39. The van der Waals surface area contributed by atoms with Crippen LogP contribution in [0.3, 0.4) is 0 Å². The summed E-state index contributed by atoms with van der Waals surface area (Å²) in [6, 6.07) is 9.18. The Kier molecular flexibility index (Phi) is 13.0. The Hall–Kier alpha value is -3.73. The third-order valence-electron chi connectivity index (χ3n) is 10.0. The van der Waals surface area contributed by atoms with Crippen molar-refractivity contribution in [3.63, 3.8) is 0 Å². The van der Waals surface area contributed by atoms with Gasteiger partial charge in [0.25, 0.3) is 0 Å². The summed E-state index contributed by atoms with van der Waals surface area (Å²) in [5, 5.41) is 93.9. The van der Waals surface area contributed by atoms with Gasteiger partial charge >= 0.3 is 0 Å². The van der Waals surface area contributed by atoms with Crippen LogP contribution >= 0.6 is 0 Å². The highest BCUT2D eigenvalue weighted by molar-refractivity contribution is 5.86. The van der Waals surface area contributed by atoms with Gasteiger partial charge in [-0.25, -0.2) is 0 Å². The largest absolute Gasteiger partial charge is 0.497 e. The highest BCUT2D eigenvalue weighted by atomic mass is 16.8. The number of rotatable bonds is 11. The van der Waals surface area contributed by atoms with Crippen LogP contribution in [0.2, 0.25) is 0 Å². The first-order chi connectivity index (χ1) is 26.6. The lowest BCUT2D eigenvalue weighted by Crippen LogP contribution is -2.62. The summed E-state index contributed by atoms with van der Waals surface area (Å²) in [7, 11) is 1.47. The summed E-state index contributed by atoms with van der Waals surface area (Å²) in [6.45, 7) is 3.99. The van der Waals surface area contributed by atoms with Gasteiger partial charge in [-0.1, -0.05) is 11.6 Å². The average Bonchev–Trinajstić information content (AvgIpc) is 3.19. The second kappa shape index (κ2) is 17.4. The third kappa shape index (κ3) is 8.30. The Balaban J connectivity index is 1.46. The number of allylic oxidation sites excluding steroid dienone is 2. The number of fused-ring (bicyclic) bond motifs is 1. The predicted octanol–water partition coefficient (Wildman–Crippen LogP) is -1.17. The molecular formula is C38H48O18. The van der Waals surface area contributed by atoms with Crippen LogP contribution in [0.15, 0.2) is 57.3 Å². The molecule has 18 nitrogen and oxygen atoms in total. The maximum atomic E-state index is 14.6. The quantitative estimate of drug-likeness (QED) is 0.103. The second-order valence-corrected chi connectivity index (χ2v) is 14.2. The molecule has 0 bridgehead atoms. The first kappa shape index (κ1) is 41.9. The standard InChI is InChI=1S/C38H48O18/c1-15(2)5-10-19-22(52-37-31(48)29(46)27(44)23(13-39)53-37)12-11-20-25(42)34(32(54-33(19)20)17-6-8-18(49-4)9-7-17)55-38-35(26(43)21(40)14-50-38)56-36-30(47)28(45)24(41)16(3)51-36/h5-9,11-12,16,21,23-24,26-31,35-41,43-48H,10,13-14H2,1-4H3/t16-,21+,23+,24+,26-,27+,28+,29-,30+,31+,35+,36-,37+,38-/m0/s1. The van der Waals surface area contributed by atoms with Crippen molar-refractivity contribution in [2.45, 2.75) is 113 Å². The Labute approximate surface area is 320 Å². The monoisotopic (exact) mass is 792 g/mol. The maximum absolute atomic E-state index is 14.6. The van der Waals surface area contributed by atoms with Crippen molar-refractivity contribution in [1.29, 1.82) is 0 Å². The molecule has 0 saturated carbocycles. The minimum atomic E-state index is -1.78. The van der Waals surface area contributed by atoms with Crippen molar-refractivity contribution < 1.29 is 83.5 Å². The van der Waals surface area contributed by atoms with Crippen molar-refractivity contribution in [3.8, 4) is 28.6 Å². The number of hydrogen-bond donors (Lipinski definition) is 9. The topological polar surface area (TPSA) is 277 Å². The van der Waals surface area contributed by atoms with E-state index >= 15 is 0 Å². The molecule has 0 radical (unpaired) electrons. The molecule has 0 aliphatic carbocycles. The Morgan fingerprint density at radius 1 is 0.804 bits per heavy atom. The van der Waals surface area contributed by atoms with E-state index in [2.05, 4.69) is 0 Å². The fraction of sp³-hybridized carbons (Fsp3) is 0.553. The van der Waals surface area contributed by atoms with Crippen LogP contribution in [0.5, 0.6) is 17.2 Å². The minimum Gasteiger partial charge on any atom is -0.497 e. The fourth-order valence-corrected chi connectivity index (χ4v) is 6.63. The Morgan fingerprint density at radius 2 is 1.48 bits per heavy atom. The van der Waals surface area contributed by atoms with E-state index in [4.69, 9.17) is 37.6 Å². The molecule has 0 spiro atoms. The van der Waals surface area contributed by atoms with Crippen LogP contribution in [0.4, 0.5) is 0 Å². The molecule has 3 saturated heterocycles. The SMILES string of the molecule is COc1ccc(-c2oc3c(CC=C(C)C)c(O[C@@H]4O[C@H](CO)[C@@H](O)[C@H](O)[C@H]4O)ccc3c(=O)c2O[C@@H]2OC[C@@H](O)[C@H](O)[C@H]2O[C@@H]2O[C@@H](C)[C@@H](O)[C@@H](O)[C@H]2O)cc1. The zero-order valence-corrected chi connectivity index (χ0v) is 30.9. The van der Waals surface area contributed by atoms with Crippen LogP contribution in [-0.4, -0.2) is 152 Å². The molecular weight excluding hydrogens is 744 g/mol. The van der Waals surface area contributed by atoms with Crippen molar-refractivity contribution in [1.82, 2.24) is 0 Å². The highest BCUT2D eigenvalue weighted by Gasteiger charge is 2.49. The van der Waals surface area contributed by atoms with Crippen LogP contribution in [0.25, 0.3) is 22.3 Å². The van der Waals surface area contributed by atoms with Gasteiger partial charge in [-0.05, 0) is 63.6 Å². The molecule has 6 rings (SSSR count). The molecule has 3 fully saturated rings. The predicted molar refractivity (Wildman–Crippen MR) is 192 cm³/mol. The molecule has 56 heavy (non-hydrogen) atoms. The normalized spacial score (nSPS) is 34.9. The van der Waals surface area contributed by atoms with Crippen molar-refractivity contribution in [3.05, 3.63) is 63.8 Å². The minimum absolute atomic E-state index is 0.0126. The van der Waals surface area contributed by atoms with Crippen molar-refractivity contribution in [2.24, 2.45) is 0 Å². The van der Waals surface area contributed by atoms with Crippen molar-refractivity contribution in [2.75, 3.05) is 20.3 Å². The van der Waals surface area contributed by atoms with Gasteiger partial charge in [0.15, 0.2) is 18.2 Å². The average molecular weight is 793 g/mol. The van der Waals surface area contributed by atoms with E-state index in [1.165, 1.54) is 26.2 Å². The smallest absolute Gasteiger partial charge is 0.235 e. The number of benzene rings is 2. The molecule has 0 unspecified atom stereocenters. The molecule has 308 valence electrons. The summed E-state index contributed by atoms with van der Waals surface area (Å²) in [5.41, 5.74) is 0.827. The van der Waals surface area contributed by atoms with Crippen LogP contribution in [0, 0.1) is 0 Å². The van der Waals surface area contributed by atoms with Gasteiger partial charge in [-0.15, -0.1) is 0 Å². The van der Waals surface area contributed by atoms with E-state index in [9.17, 15) is 50.8 Å². The first-order valence-corrected chi connectivity index (χ1v) is 18.0. The molecule has 2 aromatic carbocycles. The molecule has 3 aliphatic rings. The van der Waals surface area contributed by atoms with Crippen LogP contribution in [0.1, 0.15) is 26.3 Å². The molecule has 3 aromatic rings. The fourth-order valence-electron chi connectivity index (χ4n) is 6.63. The third-order valence-corrected chi connectivity index (χ3v) is 10.0. The van der Waals surface area contributed by atoms with Gasteiger partial charge in [0.2, 0.25) is 23.8 Å². The Morgan fingerprint density at radius 3 is 2.14 bits per heavy atom. The van der Waals surface area contributed by atoms with Crippen LogP contribution in [-0.2, 0) is 25.4 Å². The number of aliphatic hydroxyl groups excluding tert-OH is 9. The van der Waals surface area contributed by atoms with E-state index in [0.29, 0.717) is 16.9 Å². The van der Waals surface area contributed by atoms with Gasteiger partial charge in [0, 0.05) is 11.1 Å². The summed E-state index contributed by atoms with van der Waals surface area (Å²) >= 11 is 0. The zero-order valence-electron chi connectivity index (χ0n) is 30.9. The summed E-state index contributed by atoms with van der Waals surface area (Å²) in [5.74, 6) is 0.0189.